The molecule has 0 aromatic carbocycles. The minimum atomic E-state index is -1.01. The lowest BCUT2D eigenvalue weighted by molar-refractivity contribution is -0.0364. The topological polar surface area (TPSA) is 73.2 Å². The Hall–Kier alpha value is 0.320. The number of rotatable bonds is 4. The highest BCUT2D eigenvalue weighted by Crippen LogP contribution is 2.32. The van der Waals surface area contributed by atoms with Gasteiger partial charge in [-0.15, -0.1) is 0 Å². The molecule has 66 valence electrons. The second kappa shape index (κ2) is 3.37. The highest BCUT2D eigenvalue weighted by Gasteiger charge is 2.53. The van der Waals surface area contributed by atoms with Gasteiger partial charge in [0.1, 0.15) is 11.7 Å². The number of alkyl halides is 1. The molecule has 0 aliphatic carbocycles. The lowest BCUT2D eigenvalue weighted by Crippen LogP contribution is -2.43. The van der Waals surface area contributed by atoms with Gasteiger partial charge in [0.05, 0.1) is 19.3 Å². The van der Waals surface area contributed by atoms with Crippen molar-refractivity contribution in [3.8, 4) is 0 Å². The molecule has 4 nitrogen and oxygen atoms in total. The van der Waals surface area contributed by atoms with Gasteiger partial charge in [-0.3, -0.25) is 0 Å². The number of aliphatic hydroxyl groups is 3. The highest BCUT2D eigenvalue weighted by molar-refractivity contribution is 9.09. The van der Waals surface area contributed by atoms with E-state index in [1.807, 2.05) is 0 Å². The van der Waals surface area contributed by atoms with Crippen LogP contribution < -0.4 is 0 Å². The van der Waals surface area contributed by atoms with E-state index >= 15 is 0 Å². The van der Waals surface area contributed by atoms with Crippen LogP contribution in [-0.2, 0) is 4.74 Å². The molecule has 1 rings (SSSR count). The predicted molar refractivity (Wildman–Crippen MR) is 41.6 cm³/mol. The predicted octanol–water partition coefficient (Wildman–Crippen LogP) is -1.14. The summed E-state index contributed by atoms with van der Waals surface area (Å²) in [5.74, 6) is 0. The zero-order valence-corrected chi connectivity index (χ0v) is 7.49. The molecule has 1 saturated heterocycles. The number of hydrogen-bond donors (Lipinski definition) is 3. The van der Waals surface area contributed by atoms with E-state index in [9.17, 15) is 5.11 Å². The average molecular weight is 227 g/mol. The maximum atomic E-state index is 9.34. The molecular weight excluding hydrogens is 216 g/mol. The highest BCUT2D eigenvalue weighted by atomic mass is 79.9. The largest absolute Gasteiger partial charge is 0.393 e. The van der Waals surface area contributed by atoms with Gasteiger partial charge in [0.15, 0.2) is 0 Å². The van der Waals surface area contributed by atoms with E-state index < -0.39 is 17.8 Å². The van der Waals surface area contributed by atoms with Crippen molar-refractivity contribution in [2.24, 2.45) is 0 Å². The van der Waals surface area contributed by atoms with Gasteiger partial charge in [-0.05, 0) is 0 Å². The van der Waals surface area contributed by atoms with Crippen LogP contribution in [0.4, 0.5) is 0 Å². The number of ether oxygens (including phenoxy) is 1. The monoisotopic (exact) mass is 226 g/mol. The zero-order valence-electron chi connectivity index (χ0n) is 5.90. The Kier molecular flexibility index (Phi) is 2.88. The molecule has 1 fully saturated rings. The molecule has 0 saturated carbocycles. The molecule has 0 bridgehead atoms. The van der Waals surface area contributed by atoms with E-state index in [0.717, 1.165) is 0 Å². The zero-order chi connectivity index (χ0) is 8.48. The second-order valence-electron chi connectivity index (χ2n) is 2.68. The van der Waals surface area contributed by atoms with Crippen molar-refractivity contribution in [2.75, 3.05) is 18.5 Å². The summed E-state index contributed by atoms with van der Waals surface area (Å²) in [7, 11) is 0. The lowest BCUT2D eigenvalue weighted by Gasteiger charge is -2.20. The molecule has 0 amide bonds. The van der Waals surface area contributed by atoms with Gasteiger partial charge in [-0.1, -0.05) is 15.9 Å². The minimum Gasteiger partial charge on any atom is -0.393 e. The van der Waals surface area contributed by atoms with Crippen molar-refractivity contribution < 1.29 is 20.1 Å². The van der Waals surface area contributed by atoms with Crippen LogP contribution >= 0.6 is 15.9 Å². The van der Waals surface area contributed by atoms with Crippen LogP contribution in [0.15, 0.2) is 0 Å². The fraction of sp³-hybridized carbons (Fsp3) is 1.00. The minimum absolute atomic E-state index is 0.252. The third kappa shape index (κ3) is 1.73. The Morgan fingerprint density at radius 2 is 2.09 bits per heavy atom. The Morgan fingerprint density at radius 1 is 1.55 bits per heavy atom. The first-order valence-electron chi connectivity index (χ1n) is 3.33. The van der Waals surface area contributed by atoms with E-state index in [-0.39, 0.29) is 11.9 Å². The summed E-state index contributed by atoms with van der Waals surface area (Å²) < 4.78 is 4.85. The van der Waals surface area contributed by atoms with Crippen molar-refractivity contribution in [2.45, 2.75) is 17.8 Å². The van der Waals surface area contributed by atoms with Gasteiger partial charge in [-0.25, -0.2) is 0 Å². The van der Waals surface area contributed by atoms with E-state index in [4.69, 9.17) is 14.9 Å². The van der Waals surface area contributed by atoms with Crippen LogP contribution in [0.5, 0.6) is 0 Å². The molecular formula is C6H11BrO4. The normalized spacial score (nSPS) is 34.9. The van der Waals surface area contributed by atoms with E-state index in [1.54, 1.807) is 0 Å². The molecule has 3 N–H and O–H groups in total. The van der Waals surface area contributed by atoms with Gasteiger partial charge >= 0.3 is 0 Å². The van der Waals surface area contributed by atoms with Crippen LogP contribution in [-0.4, -0.2) is 51.7 Å². The third-order valence-electron chi connectivity index (χ3n) is 1.84. The second-order valence-corrected chi connectivity index (χ2v) is 3.33. The molecule has 0 radical (unpaired) electrons. The molecule has 0 aromatic heterocycles. The van der Waals surface area contributed by atoms with Crippen LogP contribution in [0, 0.1) is 0 Å². The first kappa shape index (κ1) is 9.41. The van der Waals surface area contributed by atoms with Gasteiger partial charge < -0.3 is 20.1 Å². The van der Waals surface area contributed by atoms with E-state index in [0.29, 0.717) is 6.61 Å². The molecule has 11 heavy (non-hydrogen) atoms. The molecule has 1 heterocycles. The third-order valence-corrected chi connectivity index (χ3v) is 2.51. The Morgan fingerprint density at radius 3 is 2.36 bits per heavy atom. The van der Waals surface area contributed by atoms with Crippen molar-refractivity contribution in [1.82, 2.24) is 0 Å². The summed E-state index contributed by atoms with van der Waals surface area (Å²) in [4.78, 5) is 0. The van der Waals surface area contributed by atoms with Gasteiger partial charge in [0.2, 0.25) is 0 Å². The van der Waals surface area contributed by atoms with Gasteiger partial charge in [-0.2, -0.15) is 0 Å². The summed E-state index contributed by atoms with van der Waals surface area (Å²) in [6.45, 7) is 0.0625. The van der Waals surface area contributed by atoms with Gasteiger partial charge in [0.25, 0.3) is 0 Å². The maximum absolute atomic E-state index is 9.34. The van der Waals surface area contributed by atoms with Crippen molar-refractivity contribution >= 4 is 15.9 Å². The van der Waals surface area contributed by atoms with E-state index in [2.05, 4.69) is 15.9 Å². The first-order valence-corrected chi connectivity index (χ1v) is 4.45. The Labute approximate surface area is 72.9 Å². The van der Waals surface area contributed by atoms with Crippen molar-refractivity contribution in [3.63, 3.8) is 0 Å². The number of halogens is 1. The summed E-state index contributed by atoms with van der Waals surface area (Å²) in [6, 6.07) is 0. The molecule has 1 aliphatic rings. The number of hydrogen-bond acceptors (Lipinski definition) is 4. The Bertz CT molecular complexity index is 137. The van der Waals surface area contributed by atoms with Crippen LogP contribution in [0.3, 0.4) is 0 Å². The molecule has 0 spiro atoms. The first-order chi connectivity index (χ1) is 5.16. The standard InChI is InChI=1S/C6H11BrO4/c7-1-4(9)5(10)6(2-8)3-11-6/h4-5,8-10H,1-3H2/t4?,5?,6-/m1/s1. The fourth-order valence-corrected chi connectivity index (χ4v) is 1.24. The van der Waals surface area contributed by atoms with Crippen LogP contribution in [0.1, 0.15) is 0 Å². The maximum Gasteiger partial charge on any atom is 0.143 e. The molecule has 3 atom stereocenters. The van der Waals surface area contributed by atoms with Crippen LogP contribution in [0.25, 0.3) is 0 Å². The van der Waals surface area contributed by atoms with Crippen molar-refractivity contribution in [3.05, 3.63) is 0 Å². The van der Waals surface area contributed by atoms with Gasteiger partial charge in [0, 0.05) is 5.33 Å². The van der Waals surface area contributed by atoms with Crippen molar-refractivity contribution in [1.29, 1.82) is 0 Å². The Balaban J connectivity index is 2.46. The van der Waals surface area contributed by atoms with E-state index in [1.165, 1.54) is 0 Å². The summed E-state index contributed by atoms with van der Waals surface area (Å²) >= 11 is 3.02. The number of epoxide rings is 1. The smallest absolute Gasteiger partial charge is 0.143 e. The number of aliphatic hydroxyl groups excluding tert-OH is 3. The molecule has 5 heteroatoms. The summed E-state index contributed by atoms with van der Waals surface area (Å²) in [5, 5.41) is 27.5. The fourth-order valence-electron chi connectivity index (χ4n) is 0.883. The summed E-state index contributed by atoms with van der Waals surface area (Å²) in [5.41, 5.74) is -0.896. The summed E-state index contributed by atoms with van der Waals surface area (Å²) in [6.07, 6.45) is -1.89. The lowest BCUT2D eigenvalue weighted by atomic mass is 10.0. The molecule has 2 unspecified atom stereocenters. The van der Waals surface area contributed by atoms with Crippen LogP contribution in [0.2, 0.25) is 0 Å². The molecule has 0 aromatic rings. The SMILES string of the molecule is OC[C@]1(C(O)C(O)CBr)CO1. The molecule has 1 aliphatic heterocycles. The average Bonchev–Trinajstić information content (AvgIpc) is 2.82. The quantitative estimate of drug-likeness (QED) is 0.419.